The predicted molar refractivity (Wildman–Crippen MR) is 109 cm³/mol. The van der Waals surface area contributed by atoms with Crippen molar-refractivity contribution in [1.82, 2.24) is 15.3 Å². The molecule has 1 aromatic heterocycles. The molecule has 0 saturated carbocycles. The Morgan fingerprint density at radius 3 is 2.38 bits per heavy atom. The maximum absolute atomic E-state index is 13.1. The van der Waals surface area contributed by atoms with Crippen molar-refractivity contribution in [3.8, 4) is 0 Å². The Morgan fingerprint density at radius 1 is 1.14 bits per heavy atom. The number of methoxy groups -OCH3 is 1. The van der Waals surface area contributed by atoms with Gasteiger partial charge in [-0.05, 0) is 12.0 Å². The van der Waals surface area contributed by atoms with E-state index in [4.69, 9.17) is 4.74 Å². The molecule has 1 amide bonds. The van der Waals surface area contributed by atoms with Crippen molar-refractivity contribution in [3.05, 3.63) is 54.1 Å². The number of hydrogen-bond acceptors (Lipinski definition) is 5. The molecule has 1 aromatic carbocycles. The fourth-order valence-electron chi connectivity index (χ4n) is 2.92. The second-order valence-electron chi connectivity index (χ2n) is 8.11. The Morgan fingerprint density at radius 2 is 1.83 bits per heavy atom. The van der Waals surface area contributed by atoms with Gasteiger partial charge >= 0.3 is 5.97 Å². The summed E-state index contributed by atoms with van der Waals surface area (Å²) in [4.78, 5) is 44.8. The number of esters is 1. The molecular weight excluding hydrogens is 370 g/mol. The predicted octanol–water partition coefficient (Wildman–Crippen LogP) is 2.47. The van der Waals surface area contributed by atoms with Crippen LogP contribution >= 0.6 is 0 Å². The minimum Gasteiger partial charge on any atom is -0.467 e. The highest BCUT2D eigenvalue weighted by Crippen LogP contribution is 2.22. The highest BCUT2D eigenvalue weighted by atomic mass is 16.5. The molecule has 2 aromatic rings. The molecule has 0 spiro atoms. The summed E-state index contributed by atoms with van der Waals surface area (Å²) < 4.78 is 4.84. The Bertz CT molecular complexity index is 810. The molecule has 0 saturated heterocycles. The van der Waals surface area contributed by atoms with Gasteiger partial charge in [-0.3, -0.25) is 9.59 Å². The lowest BCUT2D eigenvalue weighted by Crippen LogP contribution is -2.46. The van der Waals surface area contributed by atoms with Crippen molar-refractivity contribution in [1.29, 1.82) is 0 Å². The third kappa shape index (κ3) is 6.85. The van der Waals surface area contributed by atoms with Gasteiger partial charge in [-0.2, -0.15) is 0 Å². The fraction of sp³-hybridized carbons (Fsp3) is 0.455. The van der Waals surface area contributed by atoms with E-state index in [1.165, 1.54) is 13.4 Å². The van der Waals surface area contributed by atoms with E-state index in [1.54, 1.807) is 6.20 Å². The quantitative estimate of drug-likeness (QED) is 0.631. The lowest BCUT2D eigenvalue weighted by molar-refractivity contribution is -0.145. The zero-order chi connectivity index (χ0) is 21.4. The molecule has 0 radical (unpaired) electrons. The van der Waals surface area contributed by atoms with Crippen LogP contribution in [0.5, 0.6) is 0 Å². The minimum atomic E-state index is -0.876. The number of imidazole rings is 1. The van der Waals surface area contributed by atoms with Gasteiger partial charge in [0.15, 0.2) is 0 Å². The largest absolute Gasteiger partial charge is 0.467 e. The fourth-order valence-corrected chi connectivity index (χ4v) is 2.92. The van der Waals surface area contributed by atoms with E-state index in [0.717, 1.165) is 5.56 Å². The topological polar surface area (TPSA) is 101 Å². The van der Waals surface area contributed by atoms with Crippen molar-refractivity contribution >= 4 is 17.7 Å². The summed E-state index contributed by atoms with van der Waals surface area (Å²) >= 11 is 0. The summed E-state index contributed by atoms with van der Waals surface area (Å²) in [5.74, 6) is -1.50. The van der Waals surface area contributed by atoms with Gasteiger partial charge in [-0.25, -0.2) is 9.78 Å². The van der Waals surface area contributed by atoms with Gasteiger partial charge in [0.05, 0.1) is 19.1 Å². The van der Waals surface area contributed by atoms with Gasteiger partial charge < -0.3 is 15.0 Å². The van der Waals surface area contributed by atoms with Crippen molar-refractivity contribution in [2.45, 2.75) is 46.1 Å². The molecule has 0 fully saturated rings. The summed E-state index contributed by atoms with van der Waals surface area (Å²) in [6.45, 7) is 5.50. The number of carbonyl (C=O) groups excluding carboxylic acids is 3. The number of rotatable bonds is 9. The number of aromatic amines is 1. The molecule has 0 bridgehead atoms. The maximum Gasteiger partial charge on any atom is 0.328 e. The first-order valence-electron chi connectivity index (χ1n) is 9.63. The van der Waals surface area contributed by atoms with Crippen molar-refractivity contribution < 1.29 is 19.1 Å². The molecule has 0 aliphatic carbocycles. The number of nitrogens with zero attached hydrogens (tertiary/aromatic N) is 1. The molecular formula is C22H29N3O4. The first-order chi connectivity index (χ1) is 13.7. The number of ketones is 1. The van der Waals surface area contributed by atoms with Crippen molar-refractivity contribution in [2.24, 2.45) is 11.3 Å². The zero-order valence-electron chi connectivity index (χ0n) is 17.4. The lowest BCUT2D eigenvalue weighted by atomic mass is 9.83. The molecule has 156 valence electrons. The molecule has 1 heterocycles. The Labute approximate surface area is 171 Å². The molecule has 2 rings (SSSR count). The van der Waals surface area contributed by atoms with Gasteiger partial charge in [-0.15, -0.1) is 0 Å². The summed E-state index contributed by atoms with van der Waals surface area (Å²) in [6, 6.07) is 8.65. The van der Waals surface area contributed by atoms with Crippen LogP contribution in [0.4, 0.5) is 0 Å². The molecule has 7 heteroatoms. The van der Waals surface area contributed by atoms with Crippen molar-refractivity contribution in [2.75, 3.05) is 7.11 Å². The lowest BCUT2D eigenvalue weighted by Gasteiger charge is -2.24. The smallest absolute Gasteiger partial charge is 0.328 e. The number of ether oxygens (including phenoxy) is 1. The summed E-state index contributed by atoms with van der Waals surface area (Å²) in [5.41, 5.74) is 1.04. The van der Waals surface area contributed by atoms with Crippen LogP contribution in [0.15, 0.2) is 42.9 Å². The number of carbonyl (C=O) groups is 3. The highest BCUT2D eigenvalue weighted by molar-refractivity contribution is 5.91. The van der Waals surface area contributed by atoms with Gasteiger partial charge in [0, 0.05) is 30.4 Å². The Kier molecular flexibility index (Phi) is 7.70. The van der Waals surface area contributed by atoms with Gasteiger partial charge in [0.25, 0.3) is 0 Å². The van der Waals surface area contributed by atoms with E-state index in [-0.39, 0.29) is 24.5 Å². The first kappa shape index (κ1) is 22.3. The standard InChI is InChI=1S/C22H29N3O4/c1-22(2,3)19(26)11-16(10-15-8-6-5-7-9-15)20(27)25-18(21(28)29-4)12-17-13-23-14-24-17/h5-9,13-14,16,18H,10-12H2,1-4H3,(H,23,24)(H,25,27)/t16-,18+/m1/s1. The van der Waals surface area contributed by atoms with Crippen LogP contribution in [-0.4, -0.2) is 40.8 Å². The first-order valence-corrected chi connectivity index (χ1v) is 9.63. The van der Waals surface area contributed by atoms with E-state index in [0.29, 0.717) is 12.1 Å². The molecule has 2 N–H and O–H groups in total. The summed E-state index contributed by atoms with van der Waals surface area (Å²) in [5, 5.41) is 2.76. The van der Waals surface area contributed by atoms with E-state index in [2.05, 4.69) is 15.3 Å². The number of H-pyrrole nitrogens is 1. The zero-order valence-corrected chi connectivity index (χ0v) is 17.4. The molecule has 0 aliphatic heterocycles. The number of nitrogens with one attached hydrogen (secondary N) is 2. The third-order valence-corrected chi connectivity index (χ3v) is 4.73. The van der Waals surface area contributed by atoms with Crippen molar-refractivity contribution in [3.63, 3.8) is 0 Å². The number of amides is 1. The normalized spacial score (nSPS) is 13.4. The van der Waals surface area contributed by atoms with Crippen LogP contribution in [-0.2, 0) is 32.0 Å². The SMILES string of the molecule is COC(=O)[C@H](Cc1c[nH]cn1)NC(=O)[C@@H](CC(=O)C(C)(C)C)Cc1ccccc1. The van der Waals surface area contributed by atoms with E-state index < -0.39 is 23.3 Å². The van der Waals surface area contributed by atoms with E-state index in [9.17, 15) is 14.4 Å². The average Bonchev–Trinajstić information content (AvgIpc) is 3.19. The maximum atomic E-state index is 13.1. The van der Waals surface area contributed by atoms with Crippen LogP contribution in [0.2, 0.25) is 0 Å². The van der Waals surface area contributed by atoms with Gasteiger partial charge in [0.1, 0.15) is 11.8 Å². The molecule has 7 nitrogen and oxygen atoms in total. The third-order valence-electron chi connectivity index (χ3n) is 4.73. The van der Waals surface area contributed by atoms with Crippen LogP contribution in [0, 0.1) is 11.3 Å². The van der Waals surface area contributed by atoms with Gasteiger partial charge in [0.2, 0.25) is 5.91 Å². The second-order valence-corrected chi connectivity index (χ2v) is 8.11. The van der Waals surface area contributed by atoms with Gasteiger partial charge in [-0.1, -0.05) is 51.1 Å². The molecule has 0 unspecified atom stereocenters. The number of hydrogen-bond donors (Lipinski definition) is 2. The van der Waals surface area contributed by atoms with Crippen LogP contribution in [0.3, 0.4) is 0 Å². The minimum absolute atomic E-state index is 0.00417. The molecule has 29 heavy (non-hydrogen) atoms. The van der Waals surface area contributed by atoms with Crippen LogP contribution in [0.1, 0.15) is 38.4 Å². The number of aromatic nitrogens is 2. The average molecular weight is 399 g/mol. The number of benzene rings is 1. The van der Waals surface area contributed by atoms with E-state index >= 15 is 0 Å². The monoisotopic (exact) mass is 399 g/mol. The van der Waals surface area contributed by atoms with E-state index in [1.807, 2.05) is 51.1 Å². The molecule has 0 aliphatic rings. The Hall–Kier alpha value is -2.96. The Balaban J connectivity index is 2.18. The van der Waals surface area contributed by atoms with Crippen LogP contribution < -0.4 is 5.32 Å². The van der Waals surface area contributed by atoms with Crippen LogP contribution in [0.25, 0.3) is 0 Å². The number of Topliss-reactive ketones (excluding diaryl/α,β-unsaturated/α-hetero) is 1. The molecule has 2 atom stereocenters. The second kappa shape index (κ2) is 10.0. The summed E-state index contributed by atoms with van der Waals surface area (Å²) in [7, 11) is 1.27. The summed E-state index contributed by atoms with van der Waals surface area (Å²) in [6.07, 6.45) is 3.87. The highest BCUT2D eigenvalue weighted by Gasteiger charge is 2.31.